The molecule has 0 bridgehead atoms. The average molecular weight is 298 g/mol. The number of nitrogens with two attached hydrogens (primary N) is 1. The van der Waals surface area contributed by atoms with Gasteiger partial charge in [-0.15, -0.1) is 0 Å². The third-order valence-corrected chi connectivity index (χ3v) is 3.37. The second kappa shape index (κ2) is 6.20. The number of hydrogen-bond acceptors (Lipinski definition) is 2. The lowest BCUT2D eigenvalue weighted by Crippen LogP contribution is -2.14. The Hall–Kier alpha value is -1.65. The number of ether oxygens (including phenoxy) is 1. The molecule has 0 aliphatic rings. The lowest BCUT2D eigenvalue weighted by atomic mass is 9.99. The average Bonchev–Trinajstić information content (AvgIpc) is 2.43. The zero-order valence-electron chi connectivity index (χ0n) is 10.9. The van der Waals surface area contributed by atoms with Crippen LogP contribution in [0.4, 0.5) is 8.78 Å². The van der Waals surface area contributed by atoms with Gasteiger partial charge in [-0.2, -0.15) is 0 Å². The van der Waals surface area contributed by atoms with Crippen LogP contribution in [-0.4, -0.2) is 7.11 Å². The Kier molecular flexibility index (Phi) is 4.57. The van der Waals surface area contributed by atoms with Gasteiger partial charge in [0.05, 0.1) is 12.1 Å². The van der Waals surface area contributed by atoms with E-state index in [1.807, 2.05) is 0 Å². The third-order valence-electron chi connectivity index (χ3n) is 3.08. The fourth-order valence-electron chi connectivity index (χ4n) is 1.97. The van der Waals surface area contributed by atoms with Crippen LogP contribution in [0.25, 0.3) is 0 Å². The van der Waals surface area contributed by atoms with Gasteiger partial charge in [0.1, 0.15) is 5.82 Å². The van der Waals surface area contributed by atoms with Gasteiger partial charge in [-0.3, -0.25) is 0 Å². The SMILES string of the molecule is COc1ccc(C(N)Cc2cccc(Cl)c2F)cc1F. The van der Waals surface area contributed by atoms with Gasteiger partial charge >= 0.3 is 0 Å². The highest BCUT2D eigenvalue weighted by Gasteiger charge is 2.14. The summed E-state index contributed by atoms with van der Waals surface area (Å²) in [6, 6.07) is 8.67. The summed E-state index contributed by atoms with van der Waals surface area (Å²) >= 11 is 5.72. The Morgan fingerprint density at radius 1 is 1.25 bits per heavy atom. The van der Waals surface area contributed by atoms with E-state index >= 15 is 0 Å². The summed E-state index contributed by atoms with van der Waals surface area (Å²) in [4.78, 5) is 0. The monoisotopic (exact) mass is 297 g/mol. The van der Waals surface area contributed by atoms with Crippen LogP contribution in [0.5, 0.6) is 5.75 Å². The van der Waals surface area contributed by atoms with Gasteiger partial charge in [0.2, 0.25) is 0 Å². The van der Waals surface area contributed by atoms with Crippen LogP contribution in [-0.2, 0) is 6.42 Å². The molecule has 0 heterocycles. The van der Waals surface area contributed by atoms with E-state index in [4.69, 9.17) is 22.1 Å². The van der Waals surface area contributed by atoms with Crippen LogP contribution in [0.3, 0.4) is 0 Å². The molecule has 2 rings (SSSR count). The van der Waals surface area contributed by atoms with Crippen molar-refractivity contribution in [1.82, 2.24) is 0 Å². The maximum absolute atomic E-state index is 13.8. The second-order valence-corrected chi connectivity index (χ2v) is 4.82. The summed E-state index contributed by atoms with van der Waals surface area (Å²) in [5, 5.41) is 0.0515. The summed E-state index contributed by atoms with van der Waals surface area (Å²) in [5.41, 5.74) is 6.97. The molecule has 0 saturated carbocycles. The van der Waals surface area contributed by atoms with Crippen LogP contribution in [0.1, 0.15) is 17.2 Å². The molecule has 106 valence electrons. The molecular formula is C15H14ClF2NO. The smallest absolute Gasteiger partial charge is 0.165 e. The molecule has 2 aromatic carbocycles. The minimum Gasteiger partial charge on any atom is -0.494 e. The van der Waals surface area contributed by atoms with Crippen molar-refractivity contribution < 1.29 is 13.5 Å². The van der Waals surface area contributed by atoms with Crippen LogP contribution in [0, 0.1) is 11.6 Å². The van der Waals surface area contributed by atoms with Gasteiger partial charge in [-0.1, -0.05) is 29.8 Å². The predicted octanol–water partition coefficient (Wildman–Crippen LogP) is 3.87. The highest BCUT2D eigenvalue weighted by molar-refractivity contribution is 6.30. The fourth-order valence-corrected chi connectivity index (χ4v) is 2.17. The van der Waals surface area contributed by atoms with Gasteiger partial charge in [0, 0.05) is 6.04 Å². The van der Waals surface area contributed by atoms with Gasteiger partial charge in [-0.05, 0) is 35.7 Å². The molecule has 0 aliphatic heterocycles. The summed E-state index contributed by atoms with van der Waals surface area (Å²) in [6.45, 7) is 0. The van der Waals surface area contributed by atoms with Crippen molar-refractivity contribution in [3.8, 4) is 5.75 Å². The van der Waals surface area contributed by atoms with Crippen LogP contribution >= 0.6 is 11.6 Å². The fraction of sp³-hybridized carbons (Fsp3) is 0.200. The number of benzene rings is 2. The molecule has 5 heteroatoms. The second-order valence-electron chi connectivity index (χ2n) is 4.42. The summed E-state index contributed by atoms with van der Waals surface area (Å²) in [6.07, 6.45) is 0.234. The molecule has 1 atom stereocenters. The molecule has 1 unspecified atom stereocenters. The first-order chi connectivity index (χ1) is 9.52. The zero-order chi connectivity index (χ0) is 14.7. The largest absolute Gasteiger partial charge is 0.494 e. The molecule has 2 nitrogen and oxygen atoms in total. The molecule has 2 N–H and O–H groups in total. The Balaban J connectivity index is 2.21. The summed E-state index contributed by atoms with van der Waals surface area (Å²) < 4.78 is 32.3. The molecule has 0 fully saturated rings. The molecule has 0 aromatic heterocycles. The summed E-state index contributed by atoms with van der Waals surface area (Å²) in [5.74, 6) is -0.833. The molecule has 0 aliphatic carbocycles. The van der Waals surface area contributed by atoms with Crippen molar-refractivity contribution in [2.24, 2.45) is 5.73 Å². The normalized spacial score (nSPS) is 12.2. The number of halogens is 3. The molecule has 0 spiro atoms. The van der Waals surface area contributed by atoms with E-state index in [9.17, 15) is 8.78 Å². The van der Waals surface area contributed by atoms with E-state index in [0.29, 0.717) is 11.1 Å². The standard InChI is InChI=1S/C15H14ClF2NO/c1-20-14-6-5-9(7-12(14)17)13(19)8-10-3-2-4-11(16)15(10)18/h2-7,13H,8,19H2,1H3. The molecule has 0 saturated heterocycles. The van der Waals surface area contributed by atoms with Gasteiger partial charge in [0.15, 0.2) is 11.6 Å². The van der Waals surface area contributed by atoms with E-state index in [2.05, 4.69) is 0 Å². The molecule has 0 radical (unpaired) electrons. The van der Waals surface area contributed by atoms with Gasteiger partial charge in [0.25, 0.3) is 0 Å². The van der Waals surface area contributed by atoms with E-state index < -0.39 is 17.7 Å². The predicted molar refractivity (Wildman–Crippen MR) is 75.0 cm³/mol. The van der Waals surface area contributed by atoms with E-state index in [0.717, 1.165) is 0 Å². The van der Waals surface area contributed by atoms with E-state index in [-0.39, 0.29) is 17.2 Å². The first-order valence-electron chi connectivity index (χ1n) is 6.05. The number of rotatable bonds is 4. The van der Waals surface area contributed by atoms with Crippen LogP contribution in [0.15, 0.2) is 36.4 Å². The number of hydrogen-bond donors (Lipinski definition) is 1. The topological polar surface area (TPSA) is 35.2 Å². The lowest BCUT2D eigenvalue weighted by molar-refractivity contribution is 0.386. The Bertz CT molecular complexity index is 619. The van der Waals surface area contributed by atoms with Gasteiger partial charge in [-0.25, -0.2) is 8.78 Å². The first-order valence-corrected chi connectivity index (χ1v) is 6.42. The summed E-state index contributed by atoms with van der Waals surface area (Å²) in [7, 11) is 1.39. The molecule has 20 heavy (non-hydrogen) atoms. The Labute approximate surface area is 121 Å². The minimum atomic E-state index is -0.525. The van der Waals surface area contributed by atoms with Crippen LogP contribution in [0.2, 0.25) is 5.02 Å². The molecule has 2 aromatic rings. The van der Waals surface area contributed by atoms with Gasteiger partial charge < -0.3 is 10.5 Å². The van der Waals surface area contributed by atoms with E-state index in [1.54, 1.807) is 18.2 Å². The van der Waals surface area contributed by atoms with Crippen molar-refractivity contribution in [2.45, 2.75) is 12.5 Å². The van der Waals surface area contributed by atoms with Crippen LogP contribution < -0.4 is 10.5 Å². The zero-order valence-corrected chi connectivity index (χ0v) is 11.6. The highest BCUT2D eigenvalue weighted by atomic mass is 35.5. The molecule has 0 amide bonds. The molecular weight excluding hydrogens is 284 g/mol. The first kappa shape index (κ1) is 14.8. The maximum Gasteiger partial charge on any atom is 0.165 e. The number of methoxy groups -OCH3 is 1. The highest BCUT2D eigenvalue weighted by Crippen LogP contribution is 2.25. The third kappa shape index (κ3) is 3.08. The Morgan fingerprint density at radius 3 is 2.65 bits per heavy atom. The van der Waals surface area contributed by atoms with Crippen molar-refractivity contribution in [2.75, 3.05) is 7.11 Å². The van der Waals surface area contributed by atoms with Crippen molar-refractivity contribution >= 4 is 11.6 Å². The van der Waals surface area contributed by atoms with Crippen molar-refractivity contribution in [3.63, 3.8) is 0 Å². The van der Waals surface area contributed by atoms with Crippen molar-refractivity contribution in [3.05, 3.63) is 64.2 Å². The minimum absolute atomic E-state index is 0.0515. The maximum atomic E-state index is 13.8. The van der Waals surface area contributed by atoms with E-state index in [1.165, 1.54) is 25.3 Å². The lowest BCUT2D eigenvalue weighted by Gasteiger charge is -2.14. The quantitative estimate of drug-likeness (QED) is 0.930. The van der Waals surface area contributed by atoms with Crippen molar-refractivity contribution in [1.29, 1.82) is 0 Å². The Morgan fingerprint density at radius 2 is 2.00 bits per heavy atom.